The van der Waals surface area contributed by atoms with Gasteiger partial charge in [0.25, 0.3) is 5.56 Å². The monoisotopic (exact) mass is 414 g/mol. The Labute approximate surface area is 176 Å². The van der Waals surface area contributed by atoms with Gasteiger partial charge < -0.3 is 9.80 Å². The number of hydrogen-bond donors (Lipinski definition) is 0. The summed E-state index contributed by atoms with van der Waals surface area (Å²) >= 11 is 1.58. The molecule has 1 amide bonds. The van der Waals surface area contributed by atoms with E-state index in [4.69, 9.17) is 0 Å². The zero-order valence-corrected chi connectivity index (χ0v) is 18.2. The van der Waals surface area contributed by atoms with Crippen molar-refractivity contribution in [3.63, 3.8) is 0 Å². The molecule has 2 aliphatic rings. The Bertz CT molecular complexity index is 915. The predicted molar refractivity (Wildman–Crippen MR) is 118 cm³/mol. The molecule has 1 aromatic heterocycles. The molecule has 2 fully saturated rings. The molecule has 0 bridgehead atoms. The van der Waals surface area contributed by atoms with Crippen molar-refractivity contribution in [2.45, 2.75) is 38.0 Å². The van der Waals surface area contributed by atoms with Crippen molar-refractivity contribution in [1.82, 2.24) is 19.2 Å². The first kappa shape index (κ1) is 20.3. The third-order valence-electron chi connectivity index (χ3n) is 6.14. The SMILES string of the molecule is Cc1c(C2SCC(=O)N2CCCN2CCCCC2)c(=O)n(-c2ccccc2)n1C. The molecule has 0 aliphatic carbocycles. The maximum absolute atomic E-state index is 13.4. The highest BCUT2D eigenvalue weighted by Crippen LogP contribution is 2.38. The van der Waals surface area contributed by atoms with Gasteiger partial charge in [-0.15, -0.1) is 11.8 Å². The summed E-state index contributed by atoms with van der Waals surface area (Å²) in [5.74, 6) is 0.598. The van der Waals surface area contributed by atoms with Crippen LogP contribution in [0.1, 0.15) is 42.3 Å². The van der Waals surface area contributed by atoms with E-state index in [0.29, 0.717) is 12.3 Å². The summed E-state index contributed by atoms with van der Waals surface area (Å²) in [7, 11) is 1.91. The van der Waals surface area contributed by atoms with Gasteiger partial charge in [0.2, 0.25) is 5.91 Å². The minimum atomic E-state index is -0.187. The van der Waals surface area contributed by atoms with Gasteiger partial charge in [0.05, 0.1) is 17.0 Å². The number of para-hydroxylation sites is 1. The number of nitrogens with zero attached hydrogens (tertiary/aromatic N) is 4. The number of thioether (sulfide) groups is 1. The first-order valence-electron chi connectivity index (χ1n) is 10.6. The quantitative estimate of drug-likeness (QED) is 0.729. The number of aromatic nitrogens is 2. The van der Waals surface area contributed by atoms with Gasteiger partial charge in [0.15, 0.2) is 0 Å². The summed E-state index contributed by atoms with van der Waals surface area (Å²) < 4.78 is 3.61. The molecule has 0 spiro atoms. The lowest BCUT2D eigenvalue weighted by molar-refractivity contribution is -0.128. The standard InChI is InChI=1S/C22H30N4O2S/c1-17-20(21(28)26(23(17)2)18-10-5-3-6-11-18)22-25(19(27)16-29-22)15-9-14-24-12-7-4-8-13-24/h3,5-6,10-11,22H,4,7-9,12-16H2,1-2H3. The number of amides is 1. The Morgan fingerprint density at radius 1 is 1.03 bits per heavy atom. The van der Waals surface area contributed by atoms with Gasteiger partial charge in [0.1, 0.15) is 5.37 Å². The van der Waals surface area contributed by atoms with Crippen LogP contribution in [-0.4, -0.2) is 57.0 Å². The Morgan fingerprint density at radius 3 is 2.48 bits per heavy atom. The van der Waals surface area contributed by atoms with Crippen molar-refractivity contribution in [2.24, 2.45) is 7.05 Å². The van der Waals surface area contributed by atoms with Crippen molar-refractivity contribution in [2.75, 3.05) is 31.9 Å². The molecule has 0 radical (unpaired) electrons. The van der Waals surface area contributed by atoms with Gasteiger partial charge in [-0.05, 0) is 58.0 Å². The number of likely N-dealkylation sites (tertiary alicyclic amines) is 1. The van der Waals surface area contributed by atoms with Crippen molar-refractivity contribution in [3.05, 3.63) is 51.9 Å². The second-order valence-electron chi connectivity index (χ2n) is 7.98. The molecule has 2 aliphatic heterocycles. The van der Waals surface area contributed by atoms with E-state index in [1.54, 1.807) is 16.4 Å². The predicted octanol–water partition coefficient (Wildman–Crippen LogP) is 2.93. The number of hydrogen-bond acceptors (Lipinski definition) is 4. The minimum Gasteiger partial charge on any atom is -0.326 e. The molecule has 0 saturated carbocycles. The molecular formula is C22H30N4O2S. The molecule has 2 aromatic rings. The number of carbonyl (C=O) groups excluding carboxylic acids is 1. The van der Waals surface area contributed by atoms with E-state index in [2.05, 4.69) is 4.90 Å². The van der Waals surface area contributed by atoms with Crippen LogP contribution in [0.3, 0.4) is 0 Å². The van der Waals surface area contributed by atoms with E-state index in [1.165, 1.54) is 32.4 Å². The largest absolute Gasteiger partial charge is 0.326 e. The van der Waals surface area contributed by atoms with E-state index in [9.17, 15) is 9.59 Å². The highest BCUT2D eigenvalue weighted by Gasteiger charge is 2.37. The first-order chi connectivity index (χ1) is 14.1. The Morgan fingerprint density at radius 2 is 1.76 bits per heavy atom. The highest BCUT2D eigenvalue weighted by atomic mass is 32.2. The maximum Gasteiger partial charge on any atom is 0.277 e. The Kier molecular flexibility index (Phi) is 6.15. The van der Waals surface area contributed by atoms with Crippen molar-refractivity contribution in [3.8, 4) is 5.69 Å². The van der Waals surface area contributed by atoms with Crippen LogP contribution in [0.15, 0.2) is 35.1 Å². The normalized spacial score (nSPS) is 20.6. The average Bonchev–Trinajstić information content (AvgIpc) is 3.20. The molecule has 4 rings (SSSR count). The van der Waals surface area contributed by atoms with E-state index in [0.717, 1.165) is 29.9 Å². The smallest absolute Gasteiger partial charge is 0.277 e. The molecule has 156 valence electrons. The van der Waals surface area contributed by atoms with Crippen LogP contribution in [0.25, 0.3) is 5.69 Å². The van der Waals surface area contributed by atoms with Crippen LogP contribution in [0.2, 0.25) is 0 Å². The van der Waals surface area contributed by atoms with Crippen LogP contribution in [-0.2, 0) is 11.8 Å². The Balaban J connectivity index is 1.55. The summed E-state index contributed by atoms with van der Waals surface area (Å²) in [6.07, 6.45) is 4.86. The number of benzene rings is 1. The lowest BCUT2D eigenvalue weighted by atomic mass is 10.1. The molecule has 0 N–H and O–H groups in total. The lowest BCUT2D eigenvalue weighted by Crippen LogP contribution is -2.35. The van der Waals surface area contributed by atoms with E-state index >= 15 is 0 Å². The Hall–Kier alpha value is -1.99. The molecule has 1 aromatic carbocycles. The molecule has 6 nitrogen and oxygen atoms in total. The number of piperidine rings is 1. The topological polar surface area (TPSA) is 50.5 Å². The van der Waals surface area contributed by atoms with Crippen molar-refractivity contribution < 1.29 is 4.79 Å². The zero-order chi connectivity index (χ0) is 20.4. The van der Waals surface area contributed by atoms with E-state index < -0.39 is 0 Å². The number of carbonyl (C=O) groups is 1. The highest BCUT2D eigenvalue weighted by molar-refractivity contribution is 8.00. The third-order valence-corrected chi connectivity index (χ3v) is 7.36. The molecule has 2 saturated heterocycles. The van der Waals surface area contributed by atoms with E-state index in [1.807, 2.05) is 53.9 Å². The fourth-order valence-corrected chi connectivity index (χ4v) is 5.76. The summed E-state index contributed by atoms with van der Waals surface area (Å²) in [5.41, 5.74) is 2.49. The van der Waals surface area contributed by atoms with Gasteiger partial charge in [-0.1, -0.05) is 24.6 Å². The minimum absolute atomic E-state index is 0.0237. The van der Waals surface area contributed by atoms with E-state index in [-0.39, 0.29) is 16.8 Å². The van der Waals surface area contributed by atoms with Crippen LogP contribution in [0.4, 0.5) is 0 Å². The molecule has 29 heavy (non-hydrogen) atoms. The van der Waals surface area contributed by atoms with Crippen LogP contribution in [0.5, 0.6) is 0 Å². The van der Waals surface area contributed by atoms with Crippen LogP contribution in [0, 0.1) is 6.92 Å². The van der Waals surface area contributed by atoms with Crippen LogP contribution >= 0.6 is 11.8 Å². The van der Waals surface area contributed by atoms with Crippen molar-refractivity contribution in [1.29, 1.82) is 0 Å². The second-order valence-corrected chi connectivity index (χ2v) is 9.05. The molecule has 3 heterocycles. The fourth-order valence-electron chi connectivity index (χ4n) is 4.46. The molecule has 1 unspecified atom stereocenters. The summed E-state index contributed by atoms with van der Waals surface area (Å²) in [5, 5.41) is -0.187. The van der Waals surface area contributed by atoms with Gasteiger partial charge in [-0.3, -0.25) is 14.3 Å². The number of rotatable bonds is 6. The summed E-state index contributed by atoms with van der Waals surface area (Å²) in [6, 6.07) is 9.69. The third kappa shape index (κ3) is 4.03. The van der Waals surface area contributed by atoms with Gasteiger partial charge in [-0.2, -0.15) is 0 Å². The average molecular weight is 415 g/mol. The maximum atomic E-state index is 13.4. The van der Waals surface area contributed by atoms with Gasteiger partial charge >= 0.3 is 0 Å². The fraction of sp³-hybridized carbons (Fsp3) is 0.545. The lowest BCUT2D eigenvalue weighted by Gasteiger charge is -2.28. The summed E-state index contributed by atoms with van der Waals surface area (Å²) in [4.78, 5) is 30.4. The molecular weight excluding hydrogens is 384 g/mol. The zero-order valence-electron chi connectivity index (χ0n) is 17.3. The molecule has 7 heteroatoms. The summed E-state index contributed by atoms with van der Waals surface area (Å²) in [6.45, 7) is 6.07. The molecule has 1 atom stereocenters. The van der Waals surface area contributed by atoms with Gasteiger partial charge in [-0.25, -0.2) is 4.68 Å². The van der Waals surface area contributed by atoms with Crippen molar-refractivity contribution >= 4 is 17.7 Å². The van der Waals surface area contributed by atoms with Crippen LogP contribution < -0.4 is 5.56 Å². The first-order valence-corrected chi connectivity index (χ1v) is 11.6. The second kappa shape index (κ2) is 8.79. The van der Waals surface area contributed by atoms with Gasteiger partial charge in [0, 0.05) is 19.3 Å².